The molecular weight excluding hydrogens is 508 g/mol. The van der Waals surface area contributed by atoms with E-state index in [2.05, 4.69) is 27.7 Å². The van der Waals surface area contributed by atoms with E-state index in [0.717, 1.165) is 25.7 Å². The number of hydrogen-bond acceptors (Lipinski definition) is 4. The van der Waals surface area contributed by atoms with Crippen molar-refractivity contribution in [3.05, 3.63) is 0 Å². The molecule has 0 aromatic rings. The molecule has 0 radical (unpaired) electrons. The molecule has 41 heavy (non-hydrogen) atoms. The number of ether oxygens (including phenoxy) is 2. The molecule has 3 unspecified atom stereocenters. The van der Waals surface area contributed by atoms with Gasteiger partial charge in [0.1, 0.15) is 0 Å². The smallest absolute Gasteiger partial charge is 0.309 e. The van der Waals surface area contributed by atoms with Gasteiger partial charge in [0.05, 0.1) is 25.6 Å². The number of rotatable bonds is 31. The summed E-state index contributed by atoms with van der Waals surface area (Å²) in [5, 5.41) is 0. The van der Waals surface area contributed by atoms with Crippen LogP contribution in [0.25, 0.3) is 0 Å². The fraction of sp³-hybridized carbons (Fsp3) is 0.946. The highest BCUT2D eigenvalue weighted by atomic mass is 16.5. The highest BCUT2D eigenvalue weighted by Gasteiger charge is 2.22. The minimum Gasteiger partial charge on any atom is -0.465 e. The average Bonchev–Trinajstić information content (AvgIpc) is 2.97. The van der Waals surface area contributed by atoms with E-state index in [1.807, 2.05) is 6.92 Å². The van der Waals surface area contributed by atoms with Gasteiger partial charge in [-0.1, -0.05) is 163 Å². The molecule has 0 heterocycles. The quantitative estimate of drug-likeness (QED) is 0.0604. The van der Waals surface area contributed by atoms with Crippen LogP contribution in [-0.2, 0) is 19.1 Å². The molecule has 0 aliphatic heterocycles. The summed E-state index contributed by atoms with van der Waals surface area (Å²) in [6, 6.07) is 0. The number of hydrogen-bond donors (Lipinski definition) is 0. The third kappa shape index (κ3) is 26.3. The van der Waals surface area contributed by atoms with E-state index in [0.29, 0.717) is 25.0 Å². The van der Waals surface area contributed by atoms with Gasteiger partial charge in [-0.05, 0) is 37.5 Å². The molecule has 0 aliphatic rings. The summed E-state index contributed by atoms with van der Waals surface area (Å²) in [6.07, 6.45) is 30.2. The Morgan fingerprint density at radius 2 is 0.780 bits per heavy atom. The summed E-state index contributed by atoms with van der Waals surface area (Å²) in [5.41, 5.74) is 0. The van der Waals surface area contributed by atoms with E-state index in [-0.39, 0.29) is 18.4 Å². The lowest BCUT2D eigenvalue weighted by Gasteiger charge is -2.19. The van der Waals surface area contributed by atoms with Gasteiger partial charge in [0, 0.05) is 0 Å². The predicted octanol–water partition coefficient (Wildman–Crippen LogP) is 11.8. The zero-order chi connectivity index (χ0) is 30.4. The second kappa shape index (κ2) is 30.4. The Kier molecular flexibility index (Phi) is 29.6. The van der Waals surface area contributed by atoms with Crippen molar-refractivity contribution in [2.75, 3.05) is 13.2 Å². The summed E-state index contributed by atoms with van der Waals surface area (Å²) in [6.45, 7) is 11.8. The van der Waals surface area contributed by atoms with Crippen LogP contribution in [0.3, 0.4) is 0 Å². The topological polar surface area (TPSA) is 52.6 Å². The summed E-state index contributed by atoms with van der Waals surface area (Å²) in [4.78, 5) is 25.4. The van der Waals surface area contributed by atoms with Crippen molar-refractivity contribution >= 4 is 11.9 Å². The molecular formula is C37H72O4. The average molecular weight is 581 g/mol. The molecule has 0 bridgehead atoms. The maximum Gasteiger partial charge on any atom is 0.309 e. The van der Waals surface area contributed by atoms with Crippen LogP contribution < -0.4 is 0 Å². The molecule has 0 N–H and O–H groups in total. The van der Waals surface area contributed by atoms with Gasteiger partial charge in [-0.15, -0.1) is 0 Å². The van der Waals surface area contributed by atoms with E-state index in [1.165, 1.54) is 128 Å². The van der Waals surface area contributed by atoms with Crippen molar-refractivity contribution in [3.63, 3.8) is 0 Å². The highest BCUT2D eigenvalue weighted by Crippen LogP contribution is 2.22. The Morgan fingerprint density at radius 1 is 0.463 bits per heavy atom. The number of esters is 2. The van der Waals surface area contributed by atoms with Crippen LogP contribution in [-0.4, -0.2) is 25.2 Å². The third-order valence-electron chi connectivity index (χ3n) is 8.68. The van der Waals surface area contributed by atoms with E-state index in [4.69, 9.17) is 9.47 Å². The molecule has 0 aromatic carbocycles. The normalized spacial score (nSPS) is 13.6. The van der Waals surface area contributed by atoms with E-state index < -0.39 is 5.92 Å². The maximum absolute atomic E-state index is 12.8. The largest absolute Gasteiger partial charge is 0.465 e. The standard InChI is InChI=1S/C37H72O4/c1-6-10-14-18-20-24-28-34(26-22-16-12-8-3)31-40-36(38)30-33(5)37(39)41-32-35(27-23-17-13-9-4)29-25-21-19-15-11-7-2/h33-35H,6-32H2,1-5H3. The molecule has 0 saturated carbocycles. The van der Waals surface area contributed by atoms with Gasteiger partial charge in [0.2, 0.25) is 0 Å². The molecule has 0 amide bonds. The lowest BCUT2D eigenvalue weighted by Crippen LogP contribution is -2.23. The van der Waals surface area contributed by atoms with Gasteiger partial charge in [0.15, 0.2) is 0 Å². The number of carbonyl (C=O) groups is 2. The summed E-state index contributed by atoms with van der Waals surface area (Å²) >= 11 is 0. The Morgan fingerprint density at radius 3 is 1.17 bits per heavy atom. The van der Waals surface area contributed by atoms with E-state index in [9.17, 15) is 9.59 Å². The molecule has 0 aromatic heterocycles. The second-order valence-electron chi connectivity index (χ2n) is 13.0. The fourth-order valence-electron chi connectivity index (χ4n) is 5.71. The lowest BCUT2D eigenvalue weighted by atomic mass is 9.95. The number of carbonyl (C=O) groups excluding carboxylic acids is 2. The lowest BCUT2D eigenvalue weighted by molar-refractivity contribution is -0.156. The molecule has 0 spiro atoms. The van der Waals surface area contributed by atoms with Gasteiger partial charge < -0.3 is 9.47 Å². The molecule has 0 fully saturated rings. The zero-order valence-electron chi connectivity index (χ0n) is 28.5. The molecule has 3 atom stereocenters. The van der Waals surface area contributed by atoms with Crippen molar-refractivity contribution in [1.29, 1.82) is 0 Å². The molecule has 4 heteroatoms. The van der Waals surface area contributed by atoms with Crippen LogP contribution in [0.2, 0.25) is 0 Å². The fourth-order valence-corrected chi connectivity index (χ4v) is 5.71. The molecule has 0 saturated heterocycles. The van der Waals surface area contributed by atoms with Gasteiger partial charge in [-0.3, -0.25) is 9.59 Å². The van der Waals surface area contributed by atoms with Gasteiger partial charge >= 0.3 is 11.9 Å². The van der Waals surface area contributed by atoms with E-state index in [1.54, 1.807) is 0 Å². The van der Waals surface area contributed by atoms with Crippen LogP contribution in [0.5, 0.6) is 0 Å². The van der Waals surface area contributed by atoms with Gasteiger partial charge in [-0.25, -0.2) is 0 Å². The summed E-state index contributed by atoms with van der Waals surface area (Å²) in [5.74, 6) is -0.0547. The van der Waals surface area contributed by atoms with Crippen molar-refractivity contribution in [2.24, 2.45) is 17.8 Å². The van der Waals surface area contributed by atoms with Gasteiger partial charge in [-0.2, -0.15) is 0 Å². The van der Waals surface area contributed by atoms with Crippen LogP contribution in [0, 0.1) is 17.8 Å². The Balaban J connectivity index is 4.52. The van der Waals surface area contributed by atoms with Gasteiger partial charge in [0.25, 0.3) is 0 Å². The Bertz CT molecular complexity index is 575. The molecule has 244 valence electrons. The van der Waals surface area contributed by atoms with Crippen LogP contribution in [0.4, 0.5) is 0 Å². The minimum absolute atomic E-state index is 0.122. The Hall–Kier alpha value is -1.06. The van der Waals surface area contributed by atoms with Crippen LogP contribution in [0.1, 0.15) is 195 Å². The van der Waals surface area contributed by atoms with E-state index >= 15 is 0 Å². The molecule has 0 rings (SSSR count). The second-order valence-corrected chi connectivity index (χ2v) is 13.0. The Labute approximate surface area is 256 Å². The van der Waals surface area contributed by atoms with Crippen molar-refractivity contribution in [2.45, 2.75) is 195 Å². The zero-order valence-corrected chi connectivity index (χ0v) is 28.5. The van der Waals surface area contributed by atoms with Crippen LogP contribution >= 0.6 is 0 Å². The first-order valence-electron chi connectivity index (χ1n) is 18.3. The maximum atomic E-state index is 12.8. The van der Waals surface area contributed by atoms with Crippen molar-refractivity contribution < 1.29 is 19.1 Å². The molecule has 0 aliphatic carbocycles. The third-order valence-corrected chi connectivity index (χ3v) is 8.68. The monoisotopic (exact) mass is 581 g/mol. The predicted molar refractivity (Wildman–Crippen MR) is 176 cm³/mol. The number of unbranched alkanes of at least 4 members (excludes halogenated alkanes) is 16. The SMILES string of the molecule is CCCCCCCCC(CCCCCC)COC(=O)CC(C)C(=O)OCC(CCCCCC)CCCCCCCC. The summed E-state index contributed by atoms with van der Waals surface area (Å²) < 4.78 is 11.5. The van der Waals surface area contributed by atoms with Crippen molar-refractivity contribution in [3.8, 4) is 0 Å². The first-order chi connectivity index (χ1) is 20.0. The van der Waals surface area contributed by atoms with Crippen LogP contribution in [0.15, 0.2) is 0 Å². The summed E-state index contributed by atoms with van der Waals surface area (Å²) in [7, 11) is 0. The van der Waals surface area contributed by atoms with Crippen molar-refractivity contribution in [1.82, 2.24) is 0 Å². The first kappa shape index (κ1) is 39.9. The minimum atomic E-state index is -0.446. The highest BCUT2D eigenvalue weighted by molar-refractivity contribution is 5.79. The molecule has 4 nitrogen and oxygen atoms in total. The first-order valence-corrected chi connectivity index (χ1v) is 18.3.